The van der Waals surface area contributed by atoms with Gasteiger partial charge in [0.1, 0.15) is 0 Å². The third kappa shape index (κ3) is 2.50. The average Bonchev–Trinajstić information content (AvgIpc) is 3.06. The predicted molar refractivity (Wildman–Crippen MR) is 80.5 cm³/mol. The summed E-state index contributed by atoms with van der Waals surface area (Å²) >= 11 is 1.35. The molecular weight excluding hydrogens is 272 g/mol. The van der Waals surface area contributed by atoms with Gasteiger partial charge in [-0.25, -0.2) is 9.98 Å². The van der Waals surface area contributed by atoms with E-state index in [1.807, 2.05) is 36.5 Å². The minimum atomic E-state index is -0.0562. The Hall–Kier alpha value is -2.34. The van der Waals surface area contributed by atoms with Crippen LogP contribution < -0.4 is 0 Å². The van der Waals surface area contributed by atoms with Crippen LogP contribution in [0.3, 0.4) is 0 Å². The Morgan fingerprint density at radius 3 is 2.95 bits per heavy atom. The van der Waals surface area contributed by atoms with Crippen LogP contribution in [0, 0.1) is 0 Å². The number of likely N-dealkylation sites (N-methyl/N-ethyl adjacent to an activating group) is 1. The Morgan fingerprint density at radius 2 is 2.25 bits per heavy atom. The highest BCUT2D eigenvalue weighted by Crippen LogP contribution is 2.32. The van der Waals surface area contributed by atoms with Gasteiger partial charge in [0.25, 0.3) is 5.91 Å². The number of aliphatic imine (C=N–C) groups is 1. The van der Waals surface area contributed by atoms with Crippen molar-refractivity contribution in [3.8, 4) is 0 Å². The van der Waals surface area contributed by atoms with Gasteiger partial charge in [-0.1, -0.05) is 6.07 Å². The Morgan fingerprint density at radius 1 is 1.35 bits per heavy atom. The summed E-state index contributed by atoms with van der Waals surface area (Å²) < 4.78 is 0. The minimum absolute atomic E-state index is 0.0562. The number of pyridine rings is 1. The lowest BCUT2D eigenvalue weighted by atomic mass is 10.3. The molecule has 1 N–H and O–H groups in total. The number of aromatic amines is 1. The Kier molecular flexibility index (Phi) is 3.39. The van der Waals surface area contributed by atoms with Gasteiger partial charge in [-0.2, -0.15) is 0 Å². The van der Waals surface area contributed by atoms with E-state index >= 15 is 0 Å². The summed E-state index contributed by atoms with van der Waals surface area (Å²) in [5.41, 5.74) is 0.897. The van der Waals surface area contributed by atoms with E-state index in [0.717, 1.165) is 5.69 Å². The molecule has 0 aromatic carbocycles. The van der Waals surface area contributed by atoms with Crippen molar-refractivity contribution in [2.45, 2.75) is 0 Å². The second kappa shape index (κ2) is 5.34. The topological polar surface area (TPSA) is 61.4 Å². The molecule has 20 heavy (non-hydrogen) atoms. The lowest BCUT2D eigenvalue weighted by molar-refractivity contribution is -0.121. The zero-order chi connectivity index (χ0) is 13.9. The highest BCUT2D eigenvalue weighted by atomic mass is 32.2. The molecule has 2 aromatic heterocycles. The number of carbonyl (C=O) groups excluding carboxylic acids is 1. The lowest BCUT2D eigenvalue weighted by Gasteiger charge is -2.06. The van der Waals surface area contributed by atoms with Crippen molar-refractivity contribution in [2.75, 3.05) is 7.05 Å². The van der Waals surface area contributed by atoms with Gasteiger partial charge in [0.05, 0.1) is 4.91 Å². The van der Waals surface area contributed by atoms with Crippen LogP contribution in [0.2, 0.25) is 0 Å². The number of aromatic nitrogens is 2. The summed E-state index contributed by atoms with van der Waals surface area (Å²) in [5.74, 6) is 0.537. The molecule has 1 fully saturated rings. The molecule has 0 atom stereocenters. The molecule has 100 valence electrons. The quantitative estimate of drug-likeness (QED) is 0.862. The monoisotopic (exact) mass is 284 g/mol. The predicted octanol–water partition coefficient (Wildman–Crippen LogP) is 2.64. The van der Waals surface area contributed by atoms with Crippen LogP contribution in [0.1, 0.15) is 5.69 Å². The highest BCUT2D eigenvalue weighted by molar-refractivity contribution is 8.18. The molecule has 0 unspecified atom stereocenters. The van der Waals surface area contributed by atoms with Crippen molar-refractivity contribution in [1.29, 1.82) is 0 Å². The third-order valence-electron chi connectivity index (χ3n) is 2.77. The number of amides is 1. The SMILES string of the molecule is CN1C(=O)/C(=C\c2ccc[nH]2)S/C1=N/c1ccccn1. The van der Waals surface area contributed by atoms with Crippen LogP contribution in [-0.4, -0.2) is 33.0 Å². The summed E-state index contributed by atoms with van der Waals surface area (Å²) in [7, 11) is 1.71. The highest BCUT2D eigenvalue weighted by Gasteiger charge is 2.30. The zero-order valence-electron chi connectivity index (χ0n) is 10.8. The van der Waals surface area contributed by atoms with Crippen LogP contribution in [0.15, 0.2) is 52.6 Å². The number of hydrogen-bond acceptors (Lipinski definition) is 4. The Balaban J connectivity index is 1.89. The molecular formula is C14H12N4OS. The van der Waals surface area contributed by atoms with Gasteiger partial charge in [-0.3, -0.25) is 9.69 Å². The number of thioether (sulfide) groups is 1. The van der Waals surface area contributed by atoms with E-state index < -0.39 is 0 Å². The van der Waals surface area contributed by atoms with Gasteiger partial charge in [0, 0.05) is 25.1 Å². The van der Waals surface area contributed by atoms with Crippen LogP contribution >= 0.6 is 11.8 Å². The summed E-state index contributed by atoms with van der Waals surface area (Å²) in [4.78, 5) is 25.9. The first-order chi connectivity index (χ1) is 9.74. The van der Waals surface area contributed by atoms with Gasteiger partial charge in [0.2, 0.25) is 0 Å². The van der Waals surface area contributed by atoms with E-state index in [4.69, 9.17) is 0 Å². The van der Waals surface area contributed by atoms with Gasteiger partial charge >= 0.3 is 0 Å². The van der Waals surface area contributed by atoms with E-state index in [0.29, 0.717) is 15.9 Å². The molecule has 0 bridgehead atoms. The molecule has 5 nitrogen and oxygen atoms in total. The van der Waals surface area contributed by atoms with Crippen LogP contribution in [0.4, 0.5) is 5.82 Å². The summed E-state index contributed by atoms with van der Waals surface area (Å²) in [6, 6.07) is 9.30. The molecule has 1 saturated heterocycles. The second-order valence-corrected chi connectivity index (χ2v) is 5.19. The van der Waals surface area contributed by atoms with E-state index in [1.165, 1.54) is 16.7 Å². The zero-order valence-corrected chi connectivity index (χ0v) is 11.6. The van der Waals surface area contributed by atoms with Gasteiger partial charge < -0.3 is 4.98 Å². The van der Waals surface area contributed by atoms with Crippen LogP contribution in [0.5, 0.6) is 0 Å². The number of amidine groups is 1. The molecule has 0 radical (unpaired) electrons. The van der Waals surface area contributed by atoms with Crippen LogP contribution in [0.25, 0.3) is 6.08 Å². The number of rotatable bonds is 2. The summed E-state index contributed by atoms with van der Waals surface area (Å²) in [6.45, 7) is 0. The maximum Gasteiger partial charge on any atom is 0.266 e. The molecule has 0 aliphatic carbocycles. The standard InChI is InChI=1S/C14H12N4OS/c1-18-13(19)11(9-10-5-4-8-15-10)20-14(18)17-12-6-2-3-7-16-12/h2-9,15H,1H3/b11-9+,17-14+. The maximum atomic E-state index is 12.2. The molecule has 6 heteroatoms. The molecule has 2 aromatic rings. The average molecular weight is 284 g/mol. The number of nitrogens with one attached hydrogen (secondary N) is 1. The largest absolute Gasteiger partial charge is 0.362 e. The first-order valence-corrected chi connectivity index (χ1v) is 6.86. The molecule has 1 amide bonds. The number of nitrogens with zero attached hydrogens (tertiary/aromatic N) is 3. The van der Waals surface area contributed by atoms with Crippen molar-refractivity contribution >= 4 is 34.7 Å². The van der Waals surface area contributed by atoms with Crippen molar-refractivity contribution in [1.82, 2.24) is 14.9 Å². The smallest absolute Gasteiger partial charge is 0.266 e. The fourth-order valence-electron chi connectivity index (χ4n) is 1.74. The van der Waals surface area contributed by atoms with Crippen LogP contribution in [-0.2, 0) is 4.79 Å². The molecule has 3 heterocycles. The Labute approximate surface area is 120 Å². The van der Waals surface area contributed by atoms with Crippen molar-refractivity contribution < 1.29 is 4.79 Å². The van der Waals surface area contributed by atoms with E-state index in [-0.39, 0.29) is 5.91 Å². The van der Waals surface area contributed by atoms with Gasteiger partial charge in [-0.05, 0) is 42.1 Å². The first kappa shape index (κ1) is 12.7. The fraction of sp³-hybridized carbons (Fsp3) is 0.0714. The van der Waals surface area contributed by atoms with Crippen molar-refractivity contribution in [2.24, 2.45) is 4.99 Å². The van der Waals surface area contributed by atoms with E-state index in [9.17, 15) is 4.79 Å². The maximum absolute atomic E-state index is 12.2. The first-order valence-electron chi connectivity index (χ1n) is 6.05. The number of hydrogen-bond donors (Lipinski definition) is 1. The molecule has 0 spiro atoms. The number of H-pyrrole nitrogens is 1. The number of carbonyl (C=O) groups is 1. The second-order valence-electron chi connectivity index (χ2n) is 4.18. The van der Waals surface area contributed by atoms with Crippen molar-refractivity contribution in [3.05, 3.63) is 53.3 Å². The third-order valence-corrected chi connectivity index (χ3v) is 3.83. The Bertz CT molecular complexity index is 676. The summed E-state index contributed by atoms with van der Waals surface area (Å²) in [5, 5.41) is 0.631. The molecule has 1 aliphatic heterocycles. The van der Waals surface area contributed by atoms with Gasteiger partial charge in [-0.15, -0.1) is 0 Å². The van der Waals surface area contributed by atoms with Crippen molar-refractivity contribution in [3.63, 3.8) is 0 Å². The van der Waals surface area contributed by atoms with E-state index in [1.54, 1.807) is 19.3 Å². The minimum Gasteiger partial charge on any atom is -0.362 e. The lowest BCUT2D eigenvalue weighted by Crippen LogP contribution is -2.23. The molecule has 0 saturated carbocycles. The van der Waals surface area contributed by atoms with Gasteiger partial charge in [0.15, 0.2) is 11.0 Å². The summed E-state index contributed by atoms with van der Waals surface area (Å²) in [6.07, 6.45) is 5.32. The molecule has 1 aliphatic rings. The fourth-order valence-corrected chi connectivity index (χ4v) is 2.71. The molecule has 3 rings (SSSR count). The van der Waals surface area contributed by atoms with E-state index in [2.05, 4.69) is 15.0 Å². The normalized spacial score (nSPS) is 19.2.